The number of hydrogen-bond acceptors (Lipinski definition) is 4. The lowest BCUT2D eigenvalue weighted by Crippen LogP contribution is -2.39. The number of benzene rings is 3. The first-order valence-electron chi connectivity index (χ1n) is 10.00. The van der Waals surface area contributed by atoms with Crippen LogP contribution in [-0.4, -0.2) is 37.5 Å². The van der Waals surface area contributed by atoms with Gasteiger partial charge in [-0.1, -0.05) is 48.0 Å². The first kappa shape index (κ1) is 20.5. The van der Waals surface area contributed by atoms with E-state index in [0.29, 0.717) is 22.7 Å². The maximum absolute atomic E-state index is 13.7. The molecular weight excluding hydrogens is 392 g/mol. The van der Waals surface area contributed by atoms with E-state index in [4.69, 9.17) is 9.47 Å². The lowest BCUT2D eigenvalue weighted by atomic mass is 9.94. The van der Waals surface area contributed by atoms with Crippen LogP contribution in [0.15, 0.2) is 66.7 Å². The molecule has 1 N–H and O–H groups in total. The van der Waals surface area contributed by atoms with Crippen molar-refractivity contribution in [2.24, 2.45) is 0 Å². The van der Waals surface area contributed by atoms with Gasteiger partial charge in [0.1, 0.15) is 6.54 Å². The van der Waals surface area contributed by atoms with Crippen LogP contribution in [0.2, 0.25) is 0 Å². The fourth-order valence-corrected chi connectivity index (χ4v) is 3.94. The molecule has 6 heteroatoms. The molecule has 1 aliphatic heterocycles. The largest absolute Gasteiger partial charge is 0.493 e. The Balaban J connectivity index is 1.86. The zero-order valence-corrected chi connectivity index (χ0v) is 17.7. The van der Waals surface area contributed by atoms with E-state index in [0.717, 1.165) is 16.7 Å². The predicted molar refractivity (Wildman–Crippen MR) is 119 cm³/mol. The third-order valence-corrected chi connectivity index (χ3v) is 5.41. The number of fused-ring (bicyclic) bond motifs is 1. The molecule has 0 aliphatic carbocycles. The average Bonchev–Trinajstić information content (AvgIpc) is 2.94. The second kappa shape index (κ2) is 8.52. The second-order valence-corrected chi connectivity index (χ2v) is 7.45. The monoisotopic (exact) mass is 416 g/mol. The van der Waals surface area contributed by atoms with Crippen molar-refractivity contribution in [1.29, 1.82) is 0 Å². The Morgan fingerprint density at radius 1 is 0.968 bits per heavy atom. The molecule has 1 aliphatic rings. The van der Waals surface area contributed by atoms with Crippen LogP contribution in [0.1, 0.15) is 33.1 Å². The van der Waals surface area contributed by atoms with E-state index in [1.807, 2.05) is 55.5 Å². The number of carbonyl (C=O) groups is 2. The molecule has 0 unspecified atom stereocenters. The van der Waals surface area contributed by atoms with Crippen molar-refractivity contribution in [1.82, 2.24) is 4.90 Å². The van der Waals surface area contributed by atoms with Gasteiger partial charge >= 0.3 is 0 Å². The molecule has 2 amide bonds. The molecular formula is C25H24N2O4. The molecule has 0 saturated carbocycles. The lowest BCUT2D eigenvalue weighted by molar-refractivity contribution is -0.117. The summed E-state index contributed by atoms with van der Waals surface area (Å²) >= 11 is 0. The molecule has 0 saturated heterocycles. The lowest BCUT2D eigenvalue weighted by Gasteiger charge is -2.31. The van der Waals surface area contributed by atoms with Crippen molar-refractivity contribution >= 4 is 17.5 Å². The van der Waals surface area contributed by atoms with Crippen LogP contribution >= 0.6 is 0 Å². The summed E-state index contributed by atoms with van der Waals surface area (Å²) in [6.45, 7) is 1.93. The Kier molecular flexibility index (Phi) is 5.62. The van der Waals surface area contributed by atoms with Crippen LogP contribution in [0, 0.1) is 6.92 Å². The Bertz CT molecular complexity index is 1130. The average molecular weight is 416 g/mol. The molecule has 6 nitrogen and oxygen atoms in total. The number of amides is 2. The Morgan fingerprint density at radius 2 is 1.71 bits per heavy atom. The van der Waals surface area contributed by atoms with Gasteiger partial charge in [0.25, 0.3) is 5.91 Å². The van der Waals surface area contributed by atoms with Gasteiger partial charge in [-0.2, -0.15) is 0 Å². The van der Waals surface area contributed by atoms with E-state index < -0.39 is 6.04 Å². The number of methoxy groups -OCH3 is 2. The maximum Gasteiger partial charge on any atom is 0.255 e. The molecule has 0 spiro atoms. The molecule has 3 aromatic carbocycles. The van der Waals surface area contributed by atoms with Crippen LogP contribution < -0.4 is 14.8 Å². The van der Waals surface area contributed by atoms with Crippen LogP contribution in [0.4, 0.5) is 5.69 Å². The summed E-state index contributed by atoms with van der Waals surface area (Å²) in [7, 11) is 3.07. The molecule has 0 aromatic heterocycles. The van der Waals surface area contributed by atoms with E-state index >= 15 is 0 Å². The van der Waals surface area contributed by atoms with Crippen molar-refractivity contribution in [3.05, 3.63) is 89.0 Å². The van der Waals surface area contributed by atoms with Gasteiger partial charge in [0, 0.05) is 16.8 Å². The molecule has 4 rings (SSSR count). The maximum atomic E-state index is 13.7. The number of carbonyl (C=O) groups excluding carboxylic acids is 2. The summed E-state index contributed by atoms with van der Waals surface area (Å²) in [6.07, 6.45) is 0. The van der Waals surface area contributed by atoms with Crippen LogP contribution in [0.25, 0.3) is 0 Å². The number of nitrogens with one attached hydrogen (secondary N) is 1. The Hall–Kier alpha value is -3.80. The molecule has 3 aromatic rings. The molecule has 158 valence electrons. The van der Waals surface area contributed by atoms with Gasteiger partial charge in [0.2, 0.25) is 5.91 Å². The summed E-state index contributed by atoms with van der Waals surface area (Å²) in [5, 5.41) is 2.95. The summed E-state index contributed by atoms with van der Waals surface area (Å²) in [4.78, 5) is 28.0. The van der Waals surface area contributed by atoms with E-state index in [2.05, 4.69) is 5.32 Å². The number of ether oxygens (including phenoxy) is 2. The zero-order chi connectivity index (χ0) is 22.0. The minimum absolute atomic E-state index is 0.0690. The van der Waals surface area contributed by atoms with Crippen molar-refractivity contribution in [3.8, 4) is 11.5 Å². The second-order valence-electron chi connectivity index (χ2n) is 7.45. The van der Waals surface area contributed by atoms with Gasteiger partial charge in [-0.3, -0.25) is 9.59 Å². The van der Waals surface area contributed by atoms with E-state index in [1.165, 1.54) is 7.11 Å². The topological polar surface area (TPSA) is 67.9 Å². The highest BCUT2D eigenvalue weighted by Crippen LogP contribution is 2.38. The van der Waals surface area contributed by atoms with Crippen molar-refractivity contribution in [2.75, 3.05) is 26.1 Å². The van der Waals surface area contributed by atoms with Gasteiger partial charge in [-0.25, -0.2) is 0 Å². The molecule has 0 bridgehead atoms. The summed E-state index contributed by atoms with van der Waals surface area (Å²) in [5.41, 5.74) is 3.99. The van der Waals surface area contributed by atoms with Crippen molar-refractivity contribution in [2.45, 2.75) is 13.0 Å². The van der Waals surface area contributed by atoms with E-state index in [-0.39, 0.29) is 18.4 Å². The standard InChI is InChI=1S/C25H24N2O4/c1-16-9-11-20-19(13-16)24(17-7-5-4-6-8-17)27(15-23(28)26-20)25(29)18-10-12-21(30-2)22(14-18)31-3/h4-14,24H,15H2,1-3H3,(H,26,28)/t24-/m1/s1. The highest BCUT2D eigenvalue weighted by molar-refractivity contribution is 6.01. The predicted octanol–water partition coefficient (Wildman–Crippen LogP) is 4.20. The Morgan fingerprint density at radius 3 is 2.42 bits per heavy atom. The first-order chi connectivity index (χ1) is 15.0. The highest BCUT2D eigenvalue weighted by atomic mass is 16.5. The van der Waals surface area contributed by atoms with E-state index in [1.54, 1.807) is 30.2 Å². The minimum atomic E-state index is -0.421. The number of rotatable bonds is 4. The fraction of sp³-hybridized carbons (Fsp3) is 0.200. The quantitative estimate of drug-likeness (QED) is 0.692. The summed E-state index contributed by atoms with van der Waals surface area (Å²) < 4.78 is 10.7. The minimum Gasteiger partial charge on any atom is -0.493 e. The number of nitrogens with zero attached hydrogens (tertiary/aromatic N) is 1. The Labute approximate surface area is 181 Å². The molecule has 1 atom stereocenters. The van der Waals surface area contributed by atoms with Gasteiger partial charge in [0.05, 0.1) is 20.3 Å². The molecule has 1 heterocycles. The van der Waals surface area contributed by atoms with E-state index in [9.17, 15) is 9.59 Å². The first-order valence-corrected chi connectivity index (χ1v) is 10.00. The molecule has 0 fully saturated rings. The normalized spacial score (nSPS) is 15.5. The van der Waals surface area contributed by atoms with Gasteiger partial charge in [-0.05, 0) is 36.8 Å². The smallest absolute Gasteiger partial charge is 0.255 e. The van der Waals surface area contributed by atoms with Crippen LogP contribution in [0.3, 0.4) is 0 Å². The van der Waals surface area contributed by atoms with Crippen LogP contribution in [0.5, 0.6) is 11.5 Å². The molecule has 0 radical (unpaired) electrons. The zero-order valence-electron chi connectivity index (χ0n) is 17.7. The summed E-state index contributed by atoms with van der Waals surface area (Å²) in [6, 6.07) is 20.2. The summed E-state index contributed by atoms with van der Waals surface area (Å²) in [5.74, 6) is 0.491. The SMILES string of the molecule is COc1ccc(C(=O)N2CC(=O)Nc3ccc(C)cc3[C@H]2c2ccccc2)cc1OC. The third-order valence-electron chi connectivity index (χ3n) is 5.41. The van der Waals surface area contributed by atoms with Crippen molar-refractivity contribution < 1.29 is 19.1 Å². The fourth-order valence-electron chi connectivity index (χ4n) is 3.94. The molecule has 31 heavy (non-hydrogen) atoms. The van der Waals surface area contributed by atoms with Gasteiger partial charge in [-0.15, -0.1) is 0 Å². The number of aryl methyl sites for hydroxylation is 1. The number of hydrogen-bond donors (Lipinski definition) is 1. The third kappa shape index (κ3) is 3.97. The highest BCUT2D eigenvalue weighted by Gasteiger charge is 2.34. The van der Waals surface area contributed by atoms with Gasteiger partial charge in [0.15, 0.2) is 11.5 Å². The number of anilines is 1. The van der Waals surface area contributed by atoms with Crippen molar-refractivity contribution in [3.63, 3.8) is 0 Å². The van der Waals surface area contributed by atoms with Gasteiger partial charge < -0.3 is 19.7 Å². The van der Waals surface area contributed by atoms with Crippen LogP contribution in [-0.2, 0) is 4.79 Å².